The number of rotatable bonds is 4. The number of aryl methyl sites for hydroxylation is 1. The van der Waals surface area contributed by atoms with Crippen molar-refractivity contribution in [3.05, 3.63) is 133 Å². The second kappa shape index (κ2) is 8.76. The van der Waals surface area contributed by atoms with E-state index in [9.17, 15) is 0 Å². The molecule has 176 valence electrons. The maximum absolute atomic E-state index is 4.95. The van der Waals surface area contributed by atoms with Gasteiger partial charge >= 0.3 is 0 Å². The summed E-state index contributed by atoms with van der Waals surface area (Å²) < 4.78 is 2.32. The molecule has 6 aromatic carbocycles. The molecule has 0 fully saturated rings. The standard InChI is InChI=1S/C35H26N2/c1-2-33-36-31-19-11-12-20-32(31)37(33)26-21-22-29-30(23-26)35(25-15-7-4-8-16-25)28-18-10-9-17-27(28)34(29)24-13-5-3-6-14-24/h3-23H,2H2,1H3. The van der Waals surface area contributed by atoms with E-state index in [0.29, 0.717) is 0 Å². The molecule has 0 unspecified atom stereocenters. The Morgan fingerprint density at radius 2 is 1.08 bits per heavy atom. The highest BCUT2D eigenvalue weighted by atomic mass is 15.1. The smallest absolute Gasteiger partial charge is 0.114 e. The second-order valence-corrected chi connectivity index (χ2v) is 9.46. The van der Waals surface area contributed by atoms with Crippen LogP contribution in [-0.2, 0) is 6.42 Å². The average Bonchev–Trinajstić information content (AvgIpc) is 3.35. The van der Waals surface area contributed by atoms with Crippen molar-refractivity contribution in [2.24, 2.45) is 0 Å². The quantitative estimate of drug-likeness (QED) is 0.232. The molecule has 0 N–H and O–H groups in total. The van der Waals surface area contributed by atoms with Crippen LogP contribution >= 0.6 is 0 Å². The van der Waals surface area contributed by atoms with E-state index >= 15 is 0 Å². The van der Waals surface area contributed by atoms with Crippen molar-refractivity contribution in [1.82, 2.24) is 9.55 Å². The number of benzene rings is 6. The van der Waals surface area contributed by atoms with Crippen LogP contribution in [0, 0.1) is 0 Å². The molecule has 7 rings (SSSR count). The summed E-state index contributed by atoms with van der Waals surface area (Å²) in [6.45, 7) is 2.18. The van der Waals surface area contributed by atoms with Gasteiger partial charge < -0.3 is 0 Å². The summed E-state index contributed by atoms with van der Waals surface area (Å²) in [7, 11) is 0. The number of fused-ring (bicyclic) bond motifs is 3. The van der Waals surface area contributed by atoms with E-state index in [-0.39, 0.29) is 0 Å². The first-order valence-electron chi connectivity index (χ1n) is 12.9. The van der Waals surface area contributed by atoms with Gasteiger partial charge in [0.15, 0.2) is 0 Å². The Bertz CT molecular complexity index is 1900. The molecule has 0 aliphatic carbocycles. The number of aromatic nitrogens is 2. The van der Waals surface area contributed by atoms with Crippen molar-refractivity contribution in [3.63, 3.8) is 0 Å². The molecule has 0 spiro atoms. The van der Waals surface area contributed by atoms with Crippen LogP contribution in [0.25, 0.3) is 60.5 Å². The van der Waals surface area contributed by atoms with Gasteiger partial charge in [0.1, 0.15) is 5.82 Å². The molecule has 2 heteroatoms. The third-order valence-electron chi connectivity index (χ3n) is 7.34. The molecule has 0 aliphatic heterocycles. The van der Waals surface area contributed by atoms with Crippen molar-refractivity contribution in [3.8, 4) is 27.9 Å². The summed E-state index contributed by atoms with van der Waals surface area (Å²) in [5.74, 6) is 1.07. The molecule has 0 atom stereocenters. The Kier molecular flexibility index (Phi) is 5.11. The van der Waals surface area contributed by atoms with Crippen LogP contribution in [-0.4, -0.2) is 9.55 Å². The predicted molar refractivity (Wildman–Crippen MR) is 156 cm³/mol. The Labute approximate surface area is 216 Å². The van der Waals surface area contributed by atoms with E-state index in [0.717, 1.165) is 29.0 Å². The van der Waals surface area contributed by atoms with Gasteiger partial charge in [-0.1, -0.05) is 110 Å². The van der Waals surface area contributed by atoms with Crippen LogP contribution in [0.15, 0.2) is 127 Å². The van der Waals surface area contributed by atoms with Crippen LogP contribution in [0.1, 0.15) is 12.7 Å². The summed E-state index contributed by atoms with van der Waals surface area (Å²) >= 11 is 0. The fourth-order valence-electron chi connectivity index (χ4n) is 5.74. The molecule has 1 aromatic heterocycles. The molecule has 0 saturated heterocycles. The number of hydrogen-bond acceptors (Lipinski definition) is 1. The zero-order valence-electron chi connectivity index (χ0n) is 20.7. The molecule has 2 nitrogen and oxygen atoms in total. The first-order chi connectivity index (χ1) is 18.3. The third-order valence-corrected chi connectivity index (χ3v) is 7.34. The molecule has 0 amide bonds. The summed E-state index contributed by atoms with van der Waals surface area (Å²) in [5.41, 5.74) is 8.34. The van der Waals surface area contributed by atoms with Crippen LogP contribution in [0.3, 0.4) is 0 Å². The molecule has 0 bridgehead atoms. The maximum Gasteiger partial charge on any atom is 0.114 e. The maximum atomic E-state index is 4.95. The van der Waals surface area contributed by atoms with Gasteiger partial charge in [0, 0.05) is 12.1 Å². The SMILES string of the molecule is CCc1nc2ccccc2n1-c1ccc2c(-c3ccccc3)c3ccccc3c(-c3ccccc3)c2c1. The van der Waals surface area contributed by atoms with Gasteiger partial charge in [-0.2, -0.15) is 0 Å². The minimum Gasteiger partial charge on any atom is -0.296 e. The zero-order valence-corrected chi connectivity index (χ0v) is 20.7. The highest BCUT2D eigenvalue weighted by Crippen LogP contribution is 2.44. The lowest BCUT2D eigenvalue weighted by atomic mass is 9.86. The molecule has 0 radical (unpaired) electrons. The minimum absolute atomic E-state index is 0.866. The van der Waals surface area contributed by atoms with Crippen molar-refractivity contribution < 1.29 is 0 Å². The molecular weight excluding hydrogens is 448 g/mol. The molecule has 1 heterocycles. The van der Waals surface area contributed by atoms with Gasteiger partial charge in [-0.25, -0.2) is 4.98 Å². The molecule has 7 aromatic rings. The van der Waals surface area contributed by atoms with Crippen LogP contribution in [0.2, 0.25) is 0 Å². The minimum atomic E-state index is 0.866. The van der Waals surface area contributed by atoms with Crippen LogP contribution in [0.4, 0.5) is 0 Å². The van der Waals surface area contributed by atoms with Crippen molar-refractivity contribution in [2.75, 3.05) is 0 Å². The zero-order chi connectivity index (χ0) is 24.8. The summed E-state index contributed by atoms with van der Waals surface area (Å²) in [6.07, 6.45) is 0.866. The average molecular weight is 475 g/mol. The Morgan fingerprint density at radius 3 is 1.73 bits per heavy atom. The largest absolute Gasteiger partial charge is 0.296 e. The number of hydrogen-bond donors (Lipinski definition) is 0. The molecule has 0 aliphatic rings. The van der Waals surface area contributed by atoms with E-state index in [2.05, 4.69) is 139 Å². The second-order valence-electron chi connectivity index (χ2n) is 9.46. The third kappa shape index (κ3) is 3.45. The first-order valence-corrected chi connectivity index (χ1v) is 12.9. The van der Waals surface area contributed by atoms with Gasteiger partial charge in [-0.15, -0.1) is 0 Å². The highest BCUT2D eigenvalue weighted by Gasteiger charge is 2.18. The Morgan fingerprint density at radius 1 is 0.541 bits per heavy atom. The van der Waals surface area contributed by atoms with Gasteiger partial charge in [-0.3, -0.25) is 4.57 Å². The lowest BCUT2D eigenvalue weighted by Crippen LogP contribution is -2.00. The lowest BCUT2D eigenvalue weighted by molar-refractivity contribution is 0.909. The van der Waals surface area contributed by atoms with Crippen LogP contribution in [0.5, 0.6) is 0 Å². The highest BCUT2D eigenvalue weighted by molar-refractivity contribution is 6.21. The molecule has 37 heavy (non-hydrogen) atoms. The van der Waals surface area contributed by atoms with Gasteiger partial charge in [0.05, 0.1) is 11.0 Å². The van der Waals surface area contributed by atoms with E-state index in [1.807, 2.05) is 0 Å². The van der Waals surface area contributed by atoms with E-state index in [1.54, 1.807) is 0 Å². The number of imidazole rings is 1. The fourth-order valence-corrected chi connectivity index (χ4v) is 5.74. The Hall–Kier alpha value is -4.69. The number of para-hydroxylation sites is 2. The number of nitrogens with zero attached hydrogens (tertiary/aromatic N) is 2. The Balaban J connectivity index is 1.65. The van der Waals surface area contributed by atoms with Gasteiger partial charge in [0.25, 0.3) is 0 Å². The molecular formula is C35H26N2. The van der Waals surface area contributed by atoms with Crippen LogP contribution < -0.4 is 0 Å². The predicted octanol–water partition coefficient (Wildman–Crippen LogP) is 9.23. The summed E-state index contributed by atoms with van der Waals surface area (Å²) in [6, 6.07) is 45.7. The van der Waals surface area contributed by atoms with E-state index in [4.69, 9.17) is 4.98 Å². The molecule has 0 saturated carbocycles. The van der Waals surface area contributed by atoms with Crippen molar-refractivity contribution in [1.29, 1.82) is 0 Å². The van der Waals surface area contributed by atoms with Gasteiger partial charge in [-0.05, 0) is 68.1 Å². The lowest BCUT2D eigenvalue weighted by Gasteiger charge is -2.19. The summed E-state index contributed by atoms with van der Waals surface area (Å²) in [5, 5.41) is 5.05. The normalized spacial score (nSPS) is 11.5. The topological polar surface area (TPSA) is 17.8 Å². The monoisotopic (exact) mass is 474 g/mol. The first kappa shape index (κ1) is 21.6. The van der Waals surface area contributed by atoms with E-state index in [1.165, 1.54) is 43.8 Å². The summed E-state index contributed by atoms with van der Waals surface area (Å²) in [4.78, 5) is 4.95. The van der Waals surface area contributed by atoms with E-state index < -0.39 is 0 Å². The van der Waals surface area contributed by atoms with Crippen molar-refractivity contribution >= 4 is 32.6 Å². The fraction of sp³-hybridized carbons (Fsp3) is 0.0571. The van der Waals surface area contributed by atoms with Crippen molar-refractivity contribution in [2.45, 2.75) is 13.3 Å². The van der Waals surface area contributed by atoms with Gasteiger partial charge in [0.2, 0.25) is 0 Å².